The number of hydrogen-bond acceptors (Lipinski definition) is 1. The fourth-order valence-electron chi connectivity index (χ4n) is 1.25. The maximum Gasteiger partial charge on any atom is 0.147 e. The molecule has 1 nitrogen and oxygen atoms in total. The molecule has 0 heterocycles. The maximum absolute atomic E-state index is 10.8. The number of benzene rings is 1. The van der Waals surface area contributed by atoms with Crippen LogP contribution in [-0.4, -0.2) is 12.2 Å². The smallest absolute Gasteiger partial charge is 0.147 e. The summed E-state index contributed by atoms with van der Waals surface area (Å²) in [6.07, 6.45) is 2.20. The van der Waals surface area contributed by atoms with Gasteiger partial charge in [0, 0.05) is 11.5 Å². The molecule has 0 aliphatic carbocycles. The van der Waals surface area contributed by atoms with Crippen molar-refractivity contribution in [3.8, 4) is 0 Å². The molecule has 15 heavy (non-hydrogen) atoms. The first kappa shape index (κ1) is 12.3. The molecule has 0 spiro atoms. The number of aldehydes is 1. The van der Waals surface area contributed by atoms with Crippen molar-refractivity contribution in [1.82, 2.24) is 0 Å². The van der Waals surface area contributed by atoms with Gasteiger partial charge in [-0.05, 0) is 18.4 Å². The summed E-state index contributed by atoms with van der Waals surface area (Å²) in [6.45, 7) is 0. The molecule has 3 heteroatoms. The molecule has 0 aromatic heterocycles. The van der Waals surface area contributed by atoms with Gasteiger partial charge in [-0.25, -0.2) is 0 Å². The Morgan fingerprint density at radius 3 is 2.47 bits per heavy atom. The monoisotopic (exact) mass is 242 g/mol. The lowest BCUT2D eigenvalue weighted by atomic mass is 10.1. The Labute approximate surface area is 99.7 Å². The average molecular weight is 243 g/mol. The van der Waals surface area contributed by atoms with Crippen LogP contribution in [0.1, 0.15) is 18.4 Å². The molecule has 1 aromatic carbocycles. The van der Waals surface area contributed by atoms with Crippen LogP contribution in [0.15, 0.2) is 35.9 Å². The van der Waals surface area contributed by atoms with Gasteiger partial charge in [-0.1, -0.05) is 41.9 Å². The minimum atomic E-state index is 0.524. The number of carbonyl (C=O) groups excluding carboxylic acids is 1. The van der Waals surface area contributed by atoms with Crippen LogP contribution in [0.25, 0.3) is 5.03 Å². The molecule has 1 rings (SSSR count). The zero-order valence-corrected chi connectivity index (χ0v) is 9.76. The van der Waals surface area contributed by atoms with E-state index in [9.17, 15) is 4.79 Å². The summed E-state index contributed by atoms with van der Waals surface area (Å²) in [5, 5.41) is 0.524. The van der Waals surface area contributed by atoms with Gasteiger partial charge >= 0.3 is 0 Å². The van der Waals surface area contributed by atoms with E-state index < -0.39 is 0 Å². The third kappa shape index (κ3) is 3.69. The largest absolute Gasteiger partial charge is 0.298 e. The minimum absolute atomic E-state index is 0.524. The highest BCUT2D eigenvalue weighted by molar-refractivity contribution is 6.50. The lowest BCUT2D eigenvalue weighted by Crippen LogP contribution is -1.90. The number of hydrogen-bond donors (Lipinski definition) is 0. The average Bonchev–Trinajstić information content (AvgIpc) is 2.31. The Balaban J connectivity index is 2.90. The number of alkyl halides is 1. The molecule has 80 valence electrons. The number of allylic oxidation sites excluding steroid dienone is 1. The fraction of sp³-hybridized carbons (Fsp3) is 0.250. The van der Waals surface area contributed by atoms with E-state index in [1.165, 1.54) is 0 Å². The summed E-state index contributed by atoms with van der Waals surface area (Å²) in [5.74, 6) is 0.538. The van der Waals surface area contributed by atoms with Crippen molar-refractivity contribution < 1.29 is 4.79 Å². The molecule has 0 aliphatic heterocycles. The summed E-state index contributed by atoms with van der Waals surface area (Å²) in [4.78, 5) is 10.8. The highest BCUT2D eigenvalue weighted by Crippen LogP contribution is 2.24. The lowest BCUT2D eigenvalue weighted by Gasteiger charge is -2.03. The number of rotatable bonds is 5. The van der Waals surface area contributed by atoms with Crippen molar-refractivity contribution in [2.45, 2.75) is 12.8 Å². The maximum atomic E-state index is 10.8. The Kier molecular flexibility index (Phi) is 5.44. The van der Waals surface area contributed by atoms with Crippen molar-refractivity contribution in [3.05, 3.63) is 41.5 Å². The van der Waals surface area contributed by atoms with Gasteiger partial charge in [0.05, 0.1) is 5.03 Å². The van der Waals surface area contributed by atoms with Gasteiger partial charge < -0.3 is 0 Å². The quantitative estimate of drug-likeness (QED) is 0.436. The second-order valence-electron chi connectivity index (χ2n) is 3.12. The van der Waals surface area contributed by atoms with Gasteiger partial charge in [0.2, 0.25) is 0 Å². The molecule has 0 saturated heterocycles. The second kappa shape index (κ2) is 6.65. The summed E-state index contributed by atoms with van der Waals surface area (Å²) < 4.78 is 0. The van der Waals surface area contributed by atoms with E-state index in [0.29, 0.717) is 22.9 Å². The number of carbonyl (C=O) groups is 1. The first-order valence-corrected chi connectivity index (χ1v) is 5.66. The Morgan fingerprint density at radius 2 is 1.93 bits per heavy atom. The van der Waals surface area contributed by atoms with E-state index in [2.05, 4.69) is 0 Å². The van der Waals surface area contributed by atoms with Crippen LogP contribution in [-0.2, 0) is 4.79 Å². The lowest BCUT2D eigenvalue weighted by molar-refractivity contribution is -0.105. The van der Waals surface area contributed by atoms with Crippen LogP contribution >= 0.6 is 23.2 Å². The van der Waals surface area contributed by atoms with E-state index >= 15 is 0 Å². The van der Waals surface area contributed by atoms with Gasteiger partial charge in [-0.15, -0.1) is 11.6 Å². The van der Waals surface area contributed by atoms with Gasteiger partial charge in [0.15, 0.2) is 0 Å². The van der Waals surface area contributed by atoms with Crippen molar-refractivity contribution in [1.29, 1.82) is 0 Å². The molecular weight excluding hydrogens is 231 g/mol. The zero-order chi connectivity index (χ0) is 11.1. The van der Waals surface area contributed by atoms with Gasteiger partial charge in [-0.3, -0.25) is 4.79 Å². The van der Waals surface area contributed by atoms with Crippen molar-refractivity contribution in [2.75, 3.05) is 5.88 Å². The molecule has 0 radical (unpaired) electrons. The van der Waals surface area contributed by atoms with Gasteiger partial charge in [0.1, 0.15) is 6.29 Å². The Hall–Kier alpha value is -0.790. The first-order chi connectivity index (χ1) is 7.29. The van der Waals surface area contributed by atoms with E-state index in [0.717, 1.165) is 18.3 Å². The van der Waals surface area contributed by atoms with Crippen molar-refractivity contribution >= 4 is 34.5 Å². The normalized spacial score (nSPS) is 12.1. The minimum Gasteiger partial charge on any atom is -0.298 e. The zero-order valence-electron chi connectivity index (χ0n) is 8.25. The van der Waals surface area contributed by atoms with Gasteiger partial charge in [-0.2, -0.15) is 0 Å². The fourth-order valence-corrected chi connectivity index (χ4v) is 1.65. The first-order valence-electron chi connectivity index (χ1n) is 4.74. The Bertz CT molecular complexity index is 344. The third-order valence-corrected chi connectivity index (χ3v) is 2.76. The molecule has 0 fully saturated rings. The predicted molar refractivity (Wildman–Crippen MR) is 65.2 cm³/mol. The van der Waals surface area contributed by atoms with Crippen LogP contribution < -0.4 is 0 Å². The summed E-state index contributed by atoms with van der Waals surface area (Å²) in [6, 6.07) is 9.45. The topological polar surface area (TPSA) is 17.1 Å². The van der Waals surface area contributed by atoms with Crippen LogP contribution in [0, 0.1) is 0 Å². The molecule has 0 aliphatic rings. The Morgan fingerprint density at radius 1 is 1.27 bits per heavy atom. The number of halogens is 2. The molecule has 0 amide bonds. The second-order valence-corrected chi connectivity index (χ2v) is 3.87. The van der Waals surface area contributed by atoms with E-state index in [4.69, 9.17) is 23.2 Å². The van der Waals surface area contributed by atoms with Crippen LogP contribution in [0.5, 0.6) is 0 Å². The molecule has 1 aromatic rings. The molecular formula is C12H12Cl2O. The van der Waals surface area contributed by atoms with E-state index in [1.54, 1.807) is 0 Å². The van der Waals surface area contributed by atoms with Crippen molar-refractivity contribution in [2.24, 2.45) is 0 Å². The van der Waals surface area contributed by atoms with Crippen LogP contribution in [0.3, 0.4) is 0 Å². The van der Waals surface area contributed by atoms with E-state index in [-0.39, 0.29) is 0 Å². The SMILES string of the molecule is O=CC(CCCCl)=C(Cl)c1ccccc1. The third-order valence-electron chi connectivity index (χ3n) is 2.03. The molecule has 0 unspecified atom stereocenters. The van der Waals surface area contributed by atoms with Gasteiger partial charge in [0.25, 0.3) is 0 Å². The summed E-state index contributed by atoms with van der Waals surface area (Å²) in [5.41, 5.74) is 1.49. The summed E-state index contributed by atoms with van der Waals surface area (Å²) >= 11 is 11.7. The standard InChI is InChI=1S/C12H12Cl2O/c13-8-4-7-11(9-15)12(14)10-5-2-1-3-6-10/h1-3,5-6,9H,4,7-8H2. The van der Waals surface area contributed by atoms with E-state index in [1.807, 2.05) is 30.3 Å². The van der Waals surface area contributed by atoms with Crippen molar-refractivity contribution in [3.63, 3.8) is 0 Å². The highest BCUT2D eigenvalue weighted by Gasteiger charge is 2.05. The summed E-state index contributed by atoms with van der Waals surface area (Å²) in [7, 11) is 0. The predicted octanol–water partition coefficient (Wildman–Crippen LogP) is 3.85. The van der Waals surface area contributed by atoms with Crippen LogP contribution in [0.4, 0.5) is 0 Å². The van der Waals surface area contributed by atoms with Crippen LogP contribution in [0.2, 0.25) is 0 Å². The highest BCUT2D eigenvalue weighted by atomic mass is 35.5. The molecule has 0 N–H and O–H groups in total. The molecule has 0 saturated carbocycles. The molecule has 0 atom stereocenters. The molecule has 0 bridgehead atoms.